The van der Waals surface area contributed by atoms with E-state index >= 15 is 0 Å². The van der Waals surface area contributed by atoms with Crippen LogP contribution in [0.3, 0.4) is 0 Å². The smallest absolute Gasteiger partial charge is 0.197 e. The molecule has 7 heteroatoms. The Morgan fingerprint density at radius 3 is 2.71 bits per heavy atom. The third-order valence-corrected chi connectivity index (χ3v) is 4.01. The van der Waals surface area contributed by atoms with E-state index in [2.05, 4.69) is 15.2 Å². The summed E-state index contributed by atoms with van der Waals surface area (Å²) in [4.78, 5) is 4.36. The van der Waals surface area contributed by atoms with E-state index in [1.807, 2.05) is 24.3 Å². The van der Waals surface area contributed by atoms with Gasteiger partial charge in [0.25, 0.3) is 0 Å². The second kappa shape index (κ2) is 5.40. The summed E-state index contributed by atoms with van der Waals surface area (Å²) >= 11 is 1.34. The lowest BCUT2D eigenvalue weighted by atomic mass is 10.2. The van der Waals surface area contributed by atoms with Crippen LogP contribution in [0, 0.1) is 25.5 Å². The number of rotatable bonds is 3. The van der Waals surface area contributed by atoms with Crippen LogP contribution >= 0.6 is 11.8 Å². The Kier molecular flexibility index (Phi) is 3.59. The fourth-order valence-corrected chi connectivity index (χ4v) is 3.05. The number of benzene rings is 1. The van der Waals surface area contributed by atoms with Crippen molar-refractivity contribution >= 4 is 17.4 Å². The first-order valence-electron chi connectivity index (χ1n) is 6.30. The van der Waals surface area contributed by atoms with Gasteiger partial charge in [0.15, 0.2) is 10.8 Å². The lowest BCUT2D eigenvalue weighted by Gasteiger charge is -2.05. The fraction of sp³-hybridized carbons (Fsp3) is 0.214. The largest absolute Gasteiger partial charge is 0.258 e. The van der Waals surface area contributed by atoms with Gasteiger partial charge in [-0.2, -0.15) is 0 Å². The lowest BCUT2D eigenvalue weighted by Crippen LogP contribution is -1.99. The minimum atomic E-state index is -0.579. The highest BCUT2D eigenvalue weighted by Gasteiger charge is 2.11. The third-order valence-electron chi connectivity index (χ3n) is 3.03. The van der Waals surface area contributed by atoms with Crippen molar-refractivity contribution in [1.29, 1.82) is 0 Å². The van der Waals surface area contributed by atoms with Gasteiger partial charge in [0.05, 0.1) is 0 Å². The normalized spacial score (nSPS) is 11.2. The zero-order valence-corrected chi connectivity index (χ0v) is 12.3. The molecule has 2 heterocycles. The van der Waals surface area contributed by atoms with E-state index in [0.717, 1.165) is 17.6 Å². The Bertz CT molecular complexity index is 816. The number of hydrogen-bond donors (Lipinski definition) is 0. The SMILES string of the molecule is Cc1cc2nnc(SCc3ccc(F)cc3F)n2c(C)n1. The van der Waals surface area contributed by atoms with Crippen molar-refractivity contribution < 1.29 is 8.78 Å². The van der Waals surface area contributed by atoms with Gasteiger partial charge in [0, 0.05) is 23.6 Å². The molecule has 21 heavy (non-hydrogen) atoms. The van der Waals surface area contributed by atoms with Gasteiger partial charge < -0.3 is 0 Å². The number of fused-ring (bicyclic) bond motifs is 1. The summed E-state index contributed by atoms with van der Waals surface area (Å²) in [7, 11) is 0. The molecule has 0 amide bonds. The zero-order chi connectivity index (χ0) is 15.0. The van der Waals surface area contributed by atoms with Gasteiger partial charge in [-0.05, 0) is 25.5 Å². The molecule has 0 atom stereocenters. The second-order valence-corrected chi connectivity index (χ2v) is 5.59. The predicted molar refractivity (Wildman–Crippen MR) is 76.2 cm³/mol. The number of hydrogen-bond acceptors (Lipinski definition) is 4. The Balaban J connectivity index is 1.89. The van der Waals surface area contributed by atoms with Crippen molar-refractivity contribution in [3.8, 4) is 0 Å². The summed E-state index contributed by atoms with van der Waals surface area (Å²) in [5.41, 5.74) is 2.01. The van der Waals surface area contributed by atoms with Gasteiger partial charge in [0.2, 0.25) is 0 Å². The molecule has 0 radical (unpaired) electrons. The molecule has 1 aromatic carbocycles. The highest BCUT2D eigenvalue weighted by molar-refractivity contribution is 7.98. The molecule has 0 saturated carbocycles. The average molecular weight is 306 g/mol. The minimum Gasteiger partial charge on any atom is -0.258 e. The Labute approximate surface area is 124 Å². The molecule has 0 unspecified atom stereocenters. The molecule has 0 N–H and O–H groups in total. The van der Waals surface area contributed by atoms with Gasteiger partial charge in [-0.3, -0.25) is 4.40 Å². The molecule has 0 spiro atoms. The monoisotopic (exact) mass is 306 g/mol. The molecule has 3 aromatic rings. The summed E-state index contributed by atoms with van der Waals surface area (Å²) in [6, 6.07) is 5.41. The van der Waals surface area contributed by atoms with Gasteiger partial charge >= 0.3 is 0 Å². The number of halogens is 2. The Morgan fingerprint density at radius 2 is 1.95 bits per heavy atom. The maximum atomic E-state index is 13.6. The van der Waals surface area contributed by atoms with E-state index < -0.39 is 11.6 Å². The van der Waals surface area contributed by atoms with Crippen LogP contribution < -0.4 is 0 Å². The molecule has 2 aromatic heterocycles. The predicted octanol–water partition coefficient (Wildman–Crippen LogP) is 3.31. The molecule has 0 aliphatic rings. The average Bonchev–Trinajstić information content (AvgIpc) is 2.81. The molecule has 0 aliphatic carbocycles. The first kappa shape index (κ1) is 13.9. The summed E-state index contributed by atoms with van der Waals surface area (Å²) in [6.45, 7) is 3.76. The number of aryl methyl sites for hydroxylation is 2. The molecular formula is C14H12F2N4S. The first-order chi connectivity index (χ1) is 10.0. The molecule has 0 aliphatic heterocycles. The van der Waals surface area contributed by atoms with Crippen molar-refractivity contribution in [1.82, 2.24) is 19.6 Å². The third kappa shape index (κ3) is 2.73. The second-order valence-electron chi connectivity index (χ2n) is 4.65. The molecule has 0 saturated heterocycles. The Hall–Kier alpha value is -2.02. The maximum absolute atomic E-state index is 13.6. The standard InChI is InChI=1S/C14H12F2N4S/c1-8-5-13-18-19-14(20(13)9(2)17-8)21-7-10-3-4-11(15)6-12(10)16/h3-6H,7H2,1-2H3. The number of thioether (sulfide) groups is 1. The molecule has 4 nitrogen and oxygen atoms in total. The maximum Gasteiger partial charge on any atom is 0.197 e. The summed E-state index contributed by atoms with van der Waals surface area (Å²) in [6.07, 6.45) is 0. The van der Waals surface area contributed by atoms with Crippen LogP contribution in [0.2, 0.25) is 0 Å². The molecule has 3 rings (SSSR count). The molecule has 0 fully saturated rings. The minimum absolute atomic E-state index is 0.347. The van der Waals surface area contributed by atoms with Crippen molar-refractivity contribution in [3.05, 3.63) is 53.0 Å². The van der Waals surface area contributed by atoms with Crippen LogP contribution in [0.25, 0.3) is 5.65 Å². The van der Waals surface area contributed by atoms with E-state index in [-0.39, 0.29) is 0 Å². The summed E-state index contributed by atoms with van der Waals surface area (Å²) in [5, 5.41) is 8.82. The van der Waals surface area contributed by atoms with Crippen LogP contribution in [0.1, 0.15) is 17.1 Å². The molecule has 108 valence electrons. The Morgan fingerprint density at radius 1 is 1.14 bits per heavy atom. The van der Waals surface area contributed by atoms with Crippen LogP contribution in [0.5, 0.6) is 0 Å². The van der Waals surface area contributed by atoms with Crippen molar-refractivity contribution in [3.63, 3.8) is 0 Å². The zero-order valence-electron chi connectivity index (χ0n) is 11.5. The van der Waals surface area contributed by atoms with E-state index in [0.29, 0.717) is 22.1 Å². The fourth-order valence-electron chi connectivity index (χ4n) is 2.08. The van der Waals surface area contributed by atoms with E-state index in [9.17, 15) is 8.78 Å². The van der Waals surface area contributed by atoms with Gasteiger partial charge in [-0.25, -0.2) is 13.8 Å². The summed E-state index contributed by atoms with van der Waals surface area (Å²) < 4.78 is 28.3. The highest BCUT2D eigenvalue weighted by atomic mass is 32.2. The van der Waals surface area contributed by atoms with Crippen molar-refractivity contribution in [2.24, 2.45) is 0 Å². The quantitative estimate of drug-likeness (QED) is 0.696. The van der Waals surface area contributed by atoms with Crippen LogP contribution in [-0.2, 0) is 5.75 Å². The van der Waals surface area contributed by atoms with E-state index in [1.165, 1.54) is 23.9 Å². The first-order valence-corrected chi connectivity index (χ1v) is 7.29. The van der Waals surface area contributed by atoms with Gasteiger partial charge in [-0.1, -0.05) is 17.8 Å². The molecular weight excluding hydrogens is 294 g/mol. The van der Waals surface area contributed by atoms with Crippen molar-refractivity contribution in [2.75, 3.05) is 0 Å². The van der Waals surface area contributed by atoms with Gasteiger partial charge in [0.1, 0.15) is 17.5 Å². The highest BCUT2D eigenvalue weighted by Crippen LogP contribution is 2.24. The van der Waals surface area contributed by atoms with Crippen LogP contribution in [-0.4, -0.2) is 19.6 Å². The lowest BCUT2D eigenvalue weighted by molar-refractivity contribution is 0.576. The van der Waals surface area contributed by atoms with E-state index in [4.69, 9.17) is 0 Å². The number of nitrogens with zero attached hydrogens (tertiary/aromatic N) is 4. The summed E-state index contributed by atoms with van der Waals surface area (Å²) in [5.74, 6) is -0.0102. The molecule has 0 bridgehead atoms. The number of aromatic nitrogens is 4. The van der Waals surface area contributed by atoms with Crippen LogP contribution in [0.4, 0.5) is 8.78 Å². The van der Waals surface area contributed by atoms with Crippen molar-refractivity contribution in [2.45, 2.75) is 24.8 Å². The van der Waals surface area contributed by atoms with E-state index in [1.54, 1.807) is 0 Å². The van der Waals surface area contributed by atoms with Crippen LogP contribution in [0.15, 0.2) is 29.4 Å². The van der Waals surface area contributed by atoms with Gasteiger partial charge in [-0.15, -0.1) is 10.2 Å². The topological polar surface area (TPSA) is 43.1 Å².